The highest BCUT2D eigenvalue weighted by atomic mass is 32.1. The number of benzene rings is 4. The highest BCUT2D eigenvalue weighted by Crippen LogP contribution is 2.40. The van der Waals surface area contributed by atoms with Crippen molar-refractivity contribution in [3.63, 3.8) is 0 Å². The molecular weight excluding hydrogens is 577 g/mol. The Morgan fingerprint density at radius 1 is 0.600 bits per heavy atom. The SMILES string of the molecule is C=C1c2cc(-c3ccc(Cc4ccc(-c5ccc6c(c5)C(=O)N(CCC(C)(C)C)C6=O)cc4)cc3)ccc2C(=O)N1C(C)(C)S. The molecule has 0 aliphatic carbocycles. The summed E-state index contributed by atoms with van der Waals surface area (Å²) in [7, 11) is 0. The van der Waals surface area contributed by atoms with Crippen molar-refractivity contribution in [2.75, 3.05) is 6.54 Å². The Morgan fingerprint density at radius 3 is 1.53 bits per heavy atom. The van der Waals surface area contributed by atoms with E-state index in [-0.39, 0.29) is 23.1 Å². The standard InChI is InChI=1S/C39H38N2O3S/c1-24-33-22-29(15-17-31(33)37(44)41(24)39(5,6)45)27-11-7-25(8-12-27)21-26-9-13-28(14-10-26)30-16-18-32-34(23-30)36(43)40(35(32)42)20-19-38(2,3)4/h7-18,22-23,45H,1,19-21H2,2-6H3. The van der Waals surface area contributed by atoms with Crippen LogP contribution in [0.15, 0.2) is 91.5 Å². The Labute approximate surface area is 271 Å². The number of thiol groups is 1. The Morgan fingerprint density at radius 2 is 1.04 bits per heavy atom. The van der Waals surface area contributed by atoms with Gasteiger partial charge in [0.05, 0.1) is 16.0 Å². The minimum absolute atomic E-state index is 0.0394. The molecule has 2 aliphatic rings. The number of amides is 3. The van der Waals surface area contributed by atoms with Crippen molar-refractivity contribution in [3.05, 3.63) is 125 Å². The Hall–Kier alpha value is -4.42. The average molecular weight is 615 g/mol. The van der Waals surface area contributed by atoms with Gasteiger partial charge in [0.15, 0.2) is 0 Å². The third kappa shape index (κ3) is 5.87. The minimum atomic E-state index is -0.637. The van der Waals surface area contributed by atoms with Gasteiger partial charge < -0.3 is 0 Å². The number of fused-ring (bicyclic) bond motifs is 2. The lowest BCUT2D eigenvalue weighted by Gasteiger charge is -2.31. The van der Waals surface area contributed by atoms with Crippen LogP contribution in [0, 0.1) is 5.41 Å². The second kappa shape index (κ2) is 11.2. The molecule has 228 valence electrons. The molecule has 3 amide bonds. The summed E-state index contributed by atoms with van der Waals surface area (Å²) in [4.78, 5) is 41.3. The zero-order valence-electron chi connectivity index (χ0n) is 26.5. The molecule has 5 nitrogen and oxygen atoms in total. The molecule has 0 N–H and O–H groups in total. The summed E-state index contributed by atoms with van der Waals surface area (Å²) in [5.74, 6) is -0.475. The molecule has 0 saturated heterocycles. The third-order valence-electron chi connectivity index (χ3n) is 8.62. The molecule has 0 radical (unpaired) electrons. The smallest absolute Gasteiger partial charge is 0.261 e. The molecule has 0 fully saturated rings. The lowest BCUT2D eigenvalue weighted by atomic mass is 9.92. The first-order valence-electron chi connectivity index (χ1n) is 15.3. The summed E-state index contributed by atoms with van der Waals surface area (Å²) >= 11 is 4.60. The van der Waals surface area contributed by atoms with Gasteiger partial charge in [-0.25, -0.2) is 0 Å². The maximum atomic E-state index is 13.1. The summed E-state index contributed by atoms with van der Waals surface area (Å²) < 4.78 is 0. The van der Waals surface area contributed by atoms with Crippen LogP contribution in [0.3, 0.4) is 0 Å². The van der Waals surface area contributed by atoms with E-state index in [1.165, 1.54) is 16.0 Å². The Kier molecular flexibility index (Phi) is 7.60. The topological polar surface area (TPSA) is 57.7 Å². The first-order chi connectivity index (χ1) is 21.2. The highest BCUT2D eigenvalue weighted by Gasteiger charge is 2.39. The van der Waals surface area contributed by atoms with Gasteiger partial charge in [0, 0.05) is 23.4 Å². The number of imide groups is 1. The molecule has 6 rings (SSSR count). The Bertz CT molecular complexity index is 1860. The fourth-order valence-corrected chi connectivity index (χ4v) is 6.29. The van der Waals surface area contributed by atoms with Crippen LogP contribution in [-0.4, -0.2) is 38.9 Å². The van der Waals surface area contributed by atoms with Gasteiger partial charge in [0.25, 0.3) is 17.7 Å². The molecule has 0 saturated carbocycles. The quantitative estimate of drug-likeness (QED) is 0.167. The maximum absolute atomic E-state index is 13.1. The van der Waals surface area contributed by atoms with Gasteiger partial charge in [0.2, 0.25) is 0 Å². The van der Waals surface area contributed by atoms with E-state index in [4.69, 9.17) is 0 Å². The van der Waals surface area contributed by atoms with Crippen LogP contribution in [-0.2, 0) is 6.42 Å². The van der Waals surface area contributed by atoms with E-state index in [0.717, 1.165) is 40.7 Å². The van der Waals surface area contributed by atoms with Crippen LogP contribution < -0.4 is 0 Å². The zero-order chi connectivity index (χ0) is 32.3. The third-order valence-corrected chi connectivity index (χ3v) is 8.82. The van der Waals surface area contributed by atoms with Gasteiger partial charge in [-0.3, -0.25) is 24.2 Å². The van der Waals surface area contributed by atoms with Gasteiger partial charge >= 0.3 is 0 Å². The predicted octanol–water partition coefficient (Wildman–Crippen LogP) is 8.74. The van der Waals surface area contributed by atoms with Gasteiger partial charge in [-0.2, -0.15) is 12.6 Å². The highest BCUT2D eigenvalue weighted by molar-refractivity contribution is 7.81. The van der Waals surface area contributed by atoms with E-state index >= 15 is 0 Å². The number of carbonyl (C=O) groups is 3. The van der Waals surface area contributed by atoms with Crippen molar-refractivity contribution in [1.29, 1.82) is 0 Å². The molecule has 6 heteroatoms. The lowest BCUT2D eigenvalue weighted by Crippen LogP contribution is -2.38. The first-order valence-corrected chi connectivity index (χ1v) is 15.8. The van der Waals surface area contributed by atoms with Gasteiger partial charge in [-0.05, 0) is 89.8 Å². The fraction of sp³-hybridized carbons (Fsp3) is 0.256. The molecule has 2 heterocycles. The van der Waals surface area contributed by atoms with E-state index in [1.807, 2.05) is 44.2 Å². The summed E-state index contributed by atoms with van der Waals surface area (Å²) in [5.41, 5.74) is 9.58. The molecule has 0 aromatic heterocycles. The van der Waals surface area contributed by atoms with Crippen molar-refractivity contribution >= 4 is 36.0 Å². The summed E-state index contributed by atoms with van der Waals surface area (Å²) in [6.45, 7) is 14.7. The zero-order valence-corrected chi connectivity index (χ0v) is 27.4. The van der Waals surface area contributed by atoms with Crippen LogP contribution >= 0.6 is 12.6 Å². The van der Waals surface area contributed by atoms with E-state index in [1.54, 1.807) is 11.0 Å². The number of carbonyl (C=O) groups excluding carboxylic acids is 3. The maximum Gasteiger partial charge on any atom is 0.261 e. The predicted molar refractivity (Wildman–Crippen MR) is 184 cm³/mol. The molecule has 0 bridgehead atoms. The van der Waals surface area contributed by atoms with Crippen LogP contribution in [0.4, 0.5) is 0 Å². The summed E-state index contributed by atoms with van der Waals surface area (Å²) in [6.07, 6.45) is 1.54. The summed E-state index contributed by atoms with van der Waals surface area (Å²) in [6, 6.07) is 28.3. The molecule has 0 unspecified atom stereocenters. The second-order valence-corrected chi connectivity index (χ2v) is 14.8. The molecule has 45 heavy (non-hydrogen) atoms. The summed E-state index contributed by atoms with van der Waals surface area (Å²) in [5, 5.41) is 0. The molecule has 0 spiro atoms. The minimum Gasteiger partial charge on any atom is -0.294 e. The number of hydrogen-bond acceptors (Lipinski definition) is 4. The molecule has 2 aliphatic heterocycles. The van der Waals surface area contributed by atoms with Gasteiger partial charge in [-0.15, -0.1) is 0 Å². The van der Waals surface area contributed by atoms with Crippen molar-refractivity contribution in [2.24, 2.45) is 5.41 Å². The molecule has 4 aromatic carbocycles. The van der Waals surface area contributed by atoms with Crippen molar-refractivity contribution in [3.8, 4) is 22.3 Å². The monoisotopic (exact) mass is 614 g/mol. The normalized spacial score (nSPS) is 14.8. The average Bonchev–Trinajstić information content (AvgIpc) is 3.39. The van der Waals surface area contributed by atoms with E-state index in [9.17, 15) is 14.4 Å². The first kappa shape index (κ1) is 30.6. The van der Waals surface area contributed by atoms with E-state index in [0.29, 0.717) is 28.9 Å². The van der Waals surface area contributed by atoms with Gasteiger partial charge in [0.1, 0.15) is 0 Å². The largest absolute Gasteiger partial charge is 0.294 e. The van der Waals surface area contributed by atoms with Crippen LogP contribution in [0.2, 0.25) is 0 Å². The lowest BCUT2D eigenvalue weighted by molar-refractivity contribution is 0.0638. The van der Waals surface area contributed by atoms with Crippen molar-refractivity contribution < 1.29 is 14.4 Å². The second-order valence-electron chi connectivity index (χ2n) is 13.7. The fourth-order valence-electron chi connectivity index (χ4n) is 6.08. The van der Waals surface area contributed by atoms with Crippen molar-refractivity contribution in [2.45, 2.75) is 52.3 Å². The number of nitrogens with zero attached hydrogens (tertiary/aromatic N) is 2. The van der Waals surface area contributed by atoms with Crippen LogP contribution in [0.5, 0.6) is 0 Å². The molecular formula is C39H38N2O3S. The van der Waals surface area contributed by atoms with E-state index < -0.39 is 4.87 Å². The number of rotatable bonds is 7. The van der Waals surface area contributed by atoms with Crippen molar-refractivity contribution in [1.82, 2.24) is 9.80 Å². The molecule has 0 atom stereocenters. The van der Waals surface area contributed by atoms with Gasteiger partial charge in [-0.1, -0.05) is 88.0 Å². The number of hydrogen-bond donors (Lipinski definition) is 1. The van der Waals surface area contributed by atoms with E-state index in [2.05, 4.69) is 88.5 Å². The van der Waals surface area contributed by atoms with Crippen LogP contribution in [0.1, 0.15) is 88.8 Å². The Balaban J connectivity index is 1.14. The van der Waals surface area contributed by atoms with Crippen LogP contribution in [0.25, 0.3) is 28.0 Å². The molecule has 4 aromatic rings.